The topological polar surface area (TPSA) is 105 Å². The first-order valence-electron chi connectivity index (χ1n) is 10.5. The van der Waals surface area contributed by atoms with Gasteiger partial charge >= 0.3 is 0 Å². The van der Waals surface area contributed by atoms with Gasteiger partial charge in [0.1, 0.15) is 0 Å². The summed E-state index contributed by atoms with van der Waals surface area (Å²) in [5, 5.41) is 5.14. The molecule has 0 spiro atoms. The number of hydrogen-bond acceptors (Lipinski definition) is 5. The number of hydrogen-bond donors (Lipinski definition) is 2. The van der Waals surface area contributed by atoms with Crippen LogP contribution in [0.5, 0.6) is 17.2 Å². The van der Waals surface area contributed by atoms with Crippen molar-refractivity contribution in [3.05, 3.63) is 60.2 Å². The van der Waals surface area contributed by atoms with Gasteiger partial charge in [-0.1, -0.05) is 18.2 Å². The number of anilines is 1. The standard InChI is InChI=1S/C25H25N3O5/c1-4-28-19-8-6-5-7-17(19)18-13-16(9-10-20(18)28)27-25(30)15-11-21(31-2)24(22(12-15)32-3)33-14-23(26)29/h5-13H,4,14H2,1-3H3,(H2,26,29)(H,27,30). The number of rotatable bonds is 8. The number of ether oxygens (including phenoxy) is 3. The molecule has 0 radical (unpaired) electrons. The fraction of sp³-hybridized carbons (Fsp3) is 0.200. The van der Waals surface area contributed by atoms with Crippen LogP contribution < -0.4 is 25.3 Å². The first-order chi connectivity index (χ1) is 16.0. The molecule has 0 aliphatic rings. The summed E-state index contributed by atoms with van der Waals surface area (Å²) in [5.74, 6) is -0.277. The molecular weight excluding hydrogens is 422 g/mol. The highest BCUT2D eigenvalue weighted by Crippen LogP contribution is 2.39. The van der Waals surface area contributed by atoms with Gasteiger partial charge in [0.25, 0.3) is 11.8 Å². The Balaban J connectivity index is 1.68. The van der Waals surface area contributed by atoms with Gasteiger partial charge in [-0.25, -0.2) is 0 Å². The molecule has 1 heterocycles. The Bertz CT molecular complexity index is 1330. The van der Waals surface area contributed by atoms with Crippen LogP contribution in [0.2, 0.25) is 0 Å². The minimum atomic E-state index is -0.638. The summed E-state index contributed by atoms with van der Waals surface area (Å²) in [6.45, 7) is 2.61. The van der Waals surface area contributed by atoms with Crippen molar-refractivity contribution in [1.82, 2.24) is 4.57 Å². The van der Waals surface area contributed by atoms with E-state index in [0.717, 1.165) is 28.4 Å². The monoisotopic (exact) mass is 447 g/mol. The minimum Gasteiger partial charge on any atom is -0.493 e. The smallest absolute Gasteiger partial charge is 0.255 e. The van der Waals surface area contributed by atoms with Crippen LogP contribution in [0.3, 0.4) is 0 Å². The number of fused-ring (bicyclic) bond motifs is 3. The van der Waals surface area contributed by atoms with Crippen LogP contribution in [0, 0.1) is 0 Å². The predicted octanol–water partition coefficient (Wildman–Crippen LogP) is 3.95. The van der Waals surface area contributed by atoms with E-state index in [1.54, 1.807) is 0 Å². The Morgan fingerprint density at radius 2 is 1.61 bits per heavy atom. The minimum absolute atomic E-state index is 0.198. The van der Waals surface area contributed by atoms with Crippen LogP contribution in [0.1, 0.15) is 17.3 Å². The van der Waals surface area contributed by atoms with Crippen molar-refractivity contribution in [2.45, 2.75) is 13.5 Å². The number of amides is 2. The number of nitrogens with one attached hydrogen (secondary N) is 1. The number of benzene rings is 3. The lowest BCUT2D eigenvalue weighted by Gasteiger charge is -2.15. The van der Waals surface area contributed by atoms with Gasteiger partial charge in [0.05, 0.1) is 14.2 Å². The van der Waals surface area contributed by atoms with Gasteiger partial charge in [0, 0.05) is 39.6 Å². The van der Waals surface area contributed by atoms with Gasteiger partial charge < -0.3 is 29.8 Å². The third-order valence-electron chi connectivity index (χ3n) is 5.43. The van der Waals surface area contributed by atoms with E-state index in [2.05, 4.69) is 28.9 Å². The van der Waals surface area contributed by atoms with Crippen molar-refractivity contribution in [1.29, 1.82) is 0 Å². The number of nitrogens with two attached hydrogens (primary N) is 1. The summed E-state index contributed by atoms with van der Waals surface area (Å²) in [7, 11) is 2.87. The first kappa shape index (κ1) is 22.0. The van der Waals surface area contributed by atoms with Gasteiger partial charge in [0.2, 0.25) is 5.75 Å². The molecular formula is C25H25N3O5. The number of para-hydroxylation sites is 1. The van der Waals surface area contributed by atoms with E-state index >= 15 is 0 Å². The summed E-state index contributed by atoms with van der Waals surface area (Å²) < 4.78 is 18.3. The maximum Gasteiger partial charge on any atom is 0.255 e. The number of carbonyl (C=O) groups excluding carboxylic acids is 2. The molecule has 0 saturated carbocycles. The Morgan fingerprint density at radius 1 is 0.939 bits per heavy atom. The van der Waals surface area contributed by atoms with Crippen molar-refractivity contribution in [2.24, 2.45) is 5.73 Å². The van der Waals surface area contributed by atoms with Crippen molar-refractivity contribution in [3.8, 4) is 17.2 Å². The van der Waals surface area contributed by atoms with E-state index in [1.807, 2.05) is 30.3 Å². The van der Waals surface area contributed by atoms with Crippen LogP contribution in [0.4, 0.5) is 5.69 Å². The lowest BCUT2D eigenvalue weighted by Crippen LogP contribution is -2.20. The average molecular weight is 447 g/mol. The number of primary amides is 1. The lowest BCUT2D eigenvalue weighted by atomic mass is 10.1. The summed E-state index contributed by atoms with van der Waals surface area (Å²) in [6.07, 6.45) is 0. The molecule has 0 aliphatic heterocycles. The van der Waals surface area contributed by atoms with Gasteiger partial charge in [-0.2, -0.15) is 0 Å². The maximum atomic E-state index is 13.0. The zero-order valence-electron chi connectivity index (χ0n) is 18.7. The molecule has 0 fully saturated rings. The molecule has 3 aromatic carbocycles. The van der Waals surface area contributed by atoms with E-state index in [1.165, 1.54) is 26.4 Å². The normalized spacial score (nSPS) is 10.9. The van der Waals surface area contributed by atoms with Crippen molar-refractivity contribution in [3.63, 3.8) is 0 Å². The highest BCUT2D eigenvalue weighted by atomic mass is 16.5. The Morgan fingerprint density at radius 3 is 2.24 bits per heavy atom. The predicted molar refractivity (Wildman–Crippen MR) is 127 cm³/mol. The third kappa shape index (κ3) is 4.15. The van der Waals surface area contributed by atoms with Crippen LogP contribution in [0.15, 0.2) is 54.6 Å². The van der Waals surface area contributed by atoms with Gasteiger partial charge in [0.15, 0.2) is 18.1 Å². The highest BCUT2D eigenvalue weighted by Gasteiger charge is 2.19. The average Bonchev–Trinajstić information content (AvgIpc) is 3.15. The van der Waals surface area contributed by atoms with Crippen molar-refractivity contribution < 1.29 is 23.8 Å². The quantitative estimate of drug-likeness (QED) is 0.426. The molecule has 8 heteroatoms. The van der Waals surface area contributed by atoms with Gasteiger partial charge in [-0.05, 0) is 43.3 Å². The summed E-state index contributed by atoms with van der Waals surface area (Å²) in [5.41, 5.74) is 8.40. The second-order valence-electron chi connectivity index (χ2n) is 7.41. The third-order valence-corrected chi connectivity index (χ3v) is 5.43. The van der Waals surface area contributed by atoms with Crippen molar-refractivity contribution >= 4 is 39.3 Å². The number of methoxy groups -OCH3 is 2. The number of aromatic nitrogens is 1. The first-order valence-corrected chi connectivity index (χ1v) is 10.5. The second kappa shape index (κ2) is 9.12. The molecule has 4 rings (SSSR count). The summed E-state index contributed by atoms with van der Waals surface area (Å²) in [4.78, 5) is 24.1. The largest absolute Gasteiger partial charge is 0.493 e. The van der Waals surface area contributed by atoms with Crippen LogP contribution in [-0.2, 0) is 11.3 Å². The number of nitrogens with zero attached hydrogens (tertiary/aromatic N) is 1. The molecule has 170 valence electrons. The van der Waals surface area contributed by atoms with Crippen LogP contribution >= 0.6 is 0 Å². The molecule has 0 atom stereocenters. The van der Waals surface area contributed by atoms with E-state index in [-0.39, 0.29) is 29.8 Å². The van der Waals surface area contributed by atoms with Crippen molar-refractivity contribution in [2.75, 3.05) is 26.1 Å². The fourth-order valence-corrected chi connectivity index (χ4v) is 3.97. The molecule has 0 bridgehead atoms. The lowest BCUT2D eigenvalue weighted by molar-refractivity contribution is -0.120. The molecule has 1 aromatic heterocycles. The molecule has 3 N–H and O–H groups in total. The molecule has 8 nitrogen and oxygen atoms in total. The van der Waals surface area contributed by atoms with E-state index in [4.69, 9.17) is 19.9 Å². The fourth-order valence-electron chi connectivity index (χ4n) is 3.97. The summed E-state index contributed by atoms with van der Waals surface area (Å²) >= 11 is 0. The number of aryl methyl sites for hydroxylation is 1. The maximum absolute atomic E-state index is 13.0. The Hall–Kier alpha value is -4.20. The highest BCUT2D eigenvalue weighted by molar-refractivity contribution is 6.11. The van der Waals surface area contributed by atoms with E-state index < -0.39 is 5.91 Å². The Labute approximate surface area is 190 Å². The van der Waals surface area contributed by atoms with Gasteiger partial charge in [-0.15, -0.1) is 0 Å². The Kier molecular flexibility index (Phi) is 6.08. The second-order valence-corrected chi connectivity index (χ2v) is 7.41. The summed E-state index contributed by atoms with van der Waals surface area (Å²) in [6, 6.07) is 17.1. The number of carbonyl (C=O) groups is 2. The van der Waals surface area contributed by atoms with Crippen LogP contribution in [-0.4, -0.2) is 37.2 Å². The van der Waals surface area contributed by atoms with E-state index in [9.17, 15) is 9.59 Å². The SMILES string of the molecule is CCn1c2ccccc2c2cc(NC(=O)c3cc(OC)c(OCC(N)=O)c(OC)c3)ccc21. The van der Waals surface area contributed by atoms with Gasteiger partial charge in [-0.3, -0.25) is 9.59 Å². The van der Waals surface area contributed by atoms with Crippen LogP contribution in [0.25, 0.3) is 21.8 Å². The molecule has 0 unspecified atom stereocenters. The zero-order valence-corrected chi connectivity index (χ0v) is 18.7. The molecule has 33 heavy (non-hydrogen) atoms. The zero-order chi connectivity index (χ0) is 23.5. The molecule has 0 saturated heterocycles. The van der Waals surface area contributed by atoms with E-state index in [0.29, 0.717) is 11.3 Å². The molecule has 0 aliphatic carbocycles. The molecule has 2 amide bonds. The molecule has 4 aromatic rings.